The van der Waals surface area contributed by atoms with E-state index in [-0.39, 0.29) is 5.56 Å². The average Bonchev–Trinajstić information content (AvgIpc) is 2.68. The maximum atomic E-state index is 12.5. The minimum atomic E-state index is -0.630. The third-order valence-corrected chi connectivity index (χ3v) is 4.11. The average molecular weight is 386 g/mol. The highest BCUT2D eigenvalue weighted by Crippen LogP contribution is 2.26. The molecule has 0 saturated carbocycles. The smallest absolute Gasteiger partial charge is 0.276 e. The predicted molar refractivity (Wildman–Crippen MR) is 104 cm³/mol. The largest absolute Gasteiger partial charge is 0.493 e. The molecule has 0 fully saturated rings. The molecule has 8 heteroatoms. The number of hydrogen-bond donors (Lipinski definition) is 2. The van der Waals surface area contributed by atoms with E-state index in [1.54, 1.807) is 37.4 Å². The number of hydrogen-bond acceptors (Lipinski definition) is 5. The van der Waals surface area contributed by atoms with Crippen molar-refractivity contribution in [3.05, 3.63) is 69.0 Å². The van der Waals surface area contributed by atoms with Gasteiger partial charge in [0.25, 0.3) is 5.91 Å². The van der Waals surface area contributed by atoms with Gasteiger partial charge in [-0.25, -0.2) is 5.43 Å². The standard InChI is InChI=1S/C19H16ClN3O4/c1-26-16-6-3-11(7-17(16)27-2)9-22-23-19(25)14-10-21-15-5-4-12(20)8-13(15)18(14)24/h3-10H,1-2H3,(H,21,24)(H,23,25)/b22-9+. The summed E-state index contributed by atoms with van der Waals surface area (Å²) in [5.41, 5.74) is 3.13. The number of carbonyl (C=O) groups is 1. The highest BCUT2D eigenvalue weighted by molar-refractivity contribution is 6.31. The quantitative estimate of drug-likeness (QED) is 0.521. The number of nitrogens with zero attached hydrogens (tertiary/aromatic N) is 1. The number of fused-ring (bicyclic) bond motifs is 1. The molecule has 0 aliphatic heterocycles. The second-order valence-electron chi connectivity index (χ2n) is 5.53. The lowest BCUT2D eigenvalue weighted by Gasteiger charge is -2.07. The van der Waals surface area contributed by atoms with Gasteiger partial charge in [-0.3, -0.25) is 9.59 Å². The molecular formula is C19H16ClN3O4. The molecule has 0 spiro atoms. The summed E-state index contributed by atoms with van der Waals surface area (Å²) in [6.45, 7) is 0. The first-order valence-electron chi connectivity index (χ1n) is 7.90. The lowest BCUT2D eigenvalue weighted by molar-refractivity contribution is 0.0954. The number of aromatic amines is 1. The summed E-state index contributed by atoms with van der Waals surface area (Å²) < 4.78 is 10.4. The Labute approximate surface area is 159 Å². The molecule has 0 atom stereocenters. The number of amides is 1. The summed E-state index contributed by atoms with van der Waals surface area (Å²) in [5.74, 6) is 0.491. The number of carbonyl (C=O) groups excluding carboxylic acids is 1. The molecular weight excluding hydrogens is 370 g/mol. The molecule has 0 saturated heterocycles. The van der Waals surface area contributed by atoms with Crippen LogP contribution in [0.5, 0.6) is 11.5 Å². The summed E-state index contributed by atoms with van der Waals surface area (Å²) in [7, 11) is 3.07. The van der Waals surface area contributed by atoms with E-state index < -0.39 is 11.3 Å². The summed E-state index contributed by atoms with van der Waals surface area (Å²) in [5, 5.41) is 4.63. The van der Waals surface area contributed by atoms with Crippen LogP contribution in [0.3, 0.4) is 0 Å². The van der Waals surface area contributed by atoms with Crippen LogP contribution < -0.4 is 20.3 Å². The van der Waals surface area contributed by atoms with Gasteiger partial charge in [0.2, 0.25) is 5.43 Å². The van der Waals surface area contributed by atoms with Crippen LogP contribution in [0, 0.1) is 0 Å². The van der Waals surface area contributed by atoms with Crippen LogP contribution >= 0.6 is 11.6 Å². The Kier molecular flexibility index (Phi) is 5.42. The van der Waals surface area contributed by atoms with Crippen LogP contribution in [0.2, 0.25) is 5.02 Å². The van der Waals surface area contributed by atoms with Gasteiger partial charge in [-0.1, -0.05) is 11.6 Å². The molecule has 7 nitrogen and oxygen atoms in total. The monoisotopic (exact) mass is 385 g/mol. The number of ether oxygens (including phenoxy) is 2. The normalized spacial score (nSPS) is 10.9. The zero-order chi connectivity index (χ0) is 19.4. The second kappa shape index (κ2) is 7.92. The highest BCUT2D eigenvalue weighted by Gasteiger charge is 2.12. The number of methoxy groups -OCH3 is 2. The Bertz CT molecular complexity index is 1090. The lowest BCUT2D eigenvalue weighted by Crippen LogP contribution is -2.25. The molecule has 0 unspecified atom stereocenters. The van der Waals surface area contributed by atoms with Crippen LogP contribution in [0.1, 0.15) is 15.9 Å². The van der Waals surface area contributed by atoms with E-state index in [9.17, 15) is 9.59 Å². The number of aromatic nitrogens is 1. The first kappa shape index (κ1) is 18.5. The van der Waals surface area contributed by atoms with Gasteiger partial charge in [-0.15, -0.1) is 0 Å². The Hall–Kier alpha value is -3.32. The Morgan fingerprint density at radius 2 is 1.93 bits per heavy atom. The van der Waals surface area contributed by atoms with E-state index in [4.69, 9.17) is 21.1 Å². The Morgan fingerprint density at radius 1 is 1.15 bits per heavy atom. The van der Waals surface area contributed by atoms with E-state index in [0.29, 0.717) is 33.0 Å². The van der Waals surface area contributed by atoms with Crippen LogP contribution in [0.15, 0.2) is 52.5 Å². The van der Waals surface area contributed by atoms with Crippen LogP contribution in [0.4, 0.5) is 0 Å². The van der Waals surface area contributed by atoms with E-state index in [2.05, 4.69) is 15.5 Å². The van der Waals surface area contributed by atoms with Crippen molar-refractivity contribution in [3.8, 4) is 11.5 Å². The number of hydrazone groups is 1. The summed E-state index contributed by atoms with van der Waals surface area (Å²) in [6.07, 6.45) is 2.78. The highest BCUT2D eigenvalue weighted by atomic mass is 35.5. The molecule has 1 aromatic heterocycles. The first-order valence-corrected chi connectivity index (χ1v) is 8.27. The SMILES string of the molecule is COc1ccc(/C=N/NC(=O)c2c[nH]c3ccc(Cl)cc3c2=O)cc1OC. The molecule has 1 amide bonds. The van der Waals surface area contributed by atoms with Gasteiger partial charge in [0.1, 0.15) is 5.56 Å². The van der Waals surface area contributed by atoms with Crippen molar-refractivity contribution in [2.45, 2.75) is 0 Å². The van der Waals surface area contributed by atoms with Gasteiger partial charge in [-0.05, 0) is 42.0 Å². The van der Waals surface area contributed by atoms with Gasteiger partial charge >= 0.3 is 0 Å². The fraction of sp³-hybridized carbons (Fsp3) is 0.105. The van der Waals surface area contributed by atoms with Gasteiger partial charge in [0, 0.05) is 22.1 Å². The summed E-state index contributed by atoms with van der Waals surface area (Å²) >= 11 is 5.92. The molecule has 0 bridgehead atoms. The van der Waals surface area contributed by atoms with Crippen molar-refractivity contribution in [3.63, 3.8) is 0 Å². The molecule has 2 N–H and O–H groups in total. The number of halogens is 1. The van der Waals surface area contributed by atoms with Gasteiger partial charge in [0.05, 0.1) is 20.4 Å². The number of rotatable bonds is 5. The van der Waals surface area contributed by atoms with Crippen molar-refractivity contribution in [2.24, 2.45) is 5.10 Å². The molecule has 0 aliphatic carbocycles. The van der Waals surface area contributed by atoms with Gasteiger partial charge in [0.15, 0.2) is 11.5 Å². The molecule has 0 aliphatic rings. The van der Waals surface area contributed by atoms with Crippen molar-refractivity contribution >= 4 is 34.6 Å². The van der Waals surface area contributed by atoms with E-state index in [1.807, 2.05) is 0 Å². The Balaban J connectivity index is 1.80. The molecule has 27 heavy (non-hydrogen) atoms. The van der Waals surface area contributed by atoms with Crippen molar-refractivity contribution in [1.29, 1.82) is 0 Å². The topological polar surface area (TPSA) is 92.8 Å². The van der Waals surface area contributed by atoms with Crippen LogP contribution in [0.25, 0.3) is 10.9 Å². The predicted octanol–water partition coefficient (Wildman–Crippen LogP) is 2.96. The third kappa shape index (κ3) is 3.93. The second-order valence-corrected chi connectivity index (χ2v) is 5.97. The van der Waals surface area contributed by atoms with Crippen LogP contribution in [-0.4, -0.2) is 31.3 Å². The first-order chi connectivity index (χ1) is 13.0. The van der Waals surface area contributed by atoms with Crippen molar-refractivity contribution in [2.75, 3.05) is 14.2 Å². The third-order valence-electron chi connectivity index (χ3n) is 3.87. The number of benzene rings is 2. The van der Waals surface area contributed by atoms with Crippen molar-refractivity contribution < 1.29 is 14.3 Å². The Morgan fingerprint density at radius 3 is 2.67 bits per heavy atom. The number of H-pyrrole nitrogens is 1. The fourth-order valence-electron chi connectivity index (χ4n) is 2.52. The maximum absolute atomic E-state index is 12.5. The van der Waals surface area contributed by atoms with Gasteiger partial charge in [-0.2, -0.15) is 5.10 Å². The fourth-order valence-corrected chi connectivity index (χ4v) is 2.69. The maximum Gasteiger partial charge on any atom is 0.276 e. The minimum absolute atomic E-state index is 0.0609. The summed E-state index contributed by atoms with van der Waals surface area (Å²) in [6, 6.07) is 10.0. The zero-order valence-corrected chi connectivity index (χ0v) is 15.3. The van der Waals surface area contributed by atoms with E-state index in [0.717, 1.165) is 0 Å². The molecule has 3 rings (SSSR count). The number of pyridine rings is 1. The van der Waals surface area contributed by atoms with E-state index >= 15 is 0 Å². The number of nitrogens with one attached hydrogen (secondary N) is 2. The van der Waals surface area contributed by atoms with E-state index in [1.165, 1.54) is 25.6 Å². The minimum Gasteiger partial charge on any atom is -0.493 e. The summed E-state index contributed by atoms with van der Waals surface area (Å²) in [4.78, 5) is 27.7. The van der Waals surface area contributed by atoms with Crippen LogP contribution in [-0.2, 0) is 0 Å². The molecule has 1 heterocycles. The zero-order valence-electron chi connectivity index (χ0n) is 14.6. The molecule has 138 valence electrons. The van der Waals surface area contributed by atoms with Gasteiger partial charge < -0.3 is 14.5 Å². The lowest BCUT2D eigenvalue weighted by atomic mass is 10.1. The molecule has 2 aromatic carbocycles. The molecule has 0 radical (unpaired) electrons. The molecule has 3 aromatic rings. The van der Waals surface area contributed by atoms with Crippen molar-refractivity contribution in [1.82, 2.24) is 10.4 Å².